The van der Waals surface area contributed by atoms with Crippen molar-refractivity contribution in [2.75, 3.05) is 31.5 Å². The van der Waals surface area contributed by atoms with Crippen LogP contribution in [0.1, 0.15) is 50.2 Å². The zero-order valence-electron chi connectivity index (χ0n) is 17.0. The third kappa shape index (κ3) is 5.80. The molecule has 27 heavy (non-hydrogen) atoms. The molecular weight excluding hydrogens is 338 g/mol. The van der Waals surface area contributed by atoms with Crippen molar-refractivity contribution in [2.45, 2.75) is 58.9 Å². The predicted molar refractivity (Wildman–Crippen MR) is 109 cm³/mol. The van der Waals surface area contributed by atoms with Gasteiger partial charge in [-0.2, -0.15) is 0 Å². The number of aryl methyl sites for hydroxylation is 2. The van der Waals surface area contributed by atoms with E-state index < -0.39 is 0 Å². The lowest BCUT2D eigenvalue weighted by atomic mass is 9.99. The minimum absolute atomic E-state index is 0.00912. The number of likely N-dealkylation sites (tertiary alicyclic amines) is 1. The second-order valence-corrected chi connectivity index (χ2v) is 8.38. The zero-order valence-corrected chi connectivity index (χ0v) is 17.0. The Bertz CT molecular complexity index is 676. The summed E-state index contributed by atoms with van der Waals surface area (Å²) in [7, 11) is 0. The van der Waals surface area contributed by atoms with Crippen LogP contribution in [0.15, 0.2) is 18.2 Å². The molecule has 3 rings (SSSR count). The number of hydrogen-bond donors (Lipinski definition) is 1. The Morgan fingerprint density at radius 2 is 1.85 bits per heavy atom. The molecule has 1 heterocycles. The Balaban J connectivity index is 1.49. The minimum Gasteiger partial charge on any atom is -0.343 e. The van der Waals surface area contributed by atoms with Gasteiger partial charge < -0.3 is 10.2 Å². The summed E-state index contributed by atoms with van der Waals surface area (Å²) < 4.78 is 0. The van der Waals surface area contributed by atoms with Crippen LogP contribution in [0, 0.1) is 19.8 Å². The van der Waals surface area contributed by atoms with Crippen LogP contribution in [-0.2, 0) is 9.59 Å². The summed E-state index contributed by atoms with van der Waals surface area (Å²) >= 11 is 0. The lowest BCUT2D eigenvalue weighted by molar-refractivity contribution is -0.133. The maximum atomic E-state index is 12.6. The quantitative estimate of drug-likeness (QED) is 0.800. The van der Waals surface area contributed by atoms with Crippen LogP contribution in [0.25, 0.3) is 0 Å². The Kier molecular flexibility index (Phi) is 6.53. The number of nitrogens with one attached hydrogen (secondary N) is 1. The molecule has 5 nitrogen and oxygen atoms in total. The molecule has 2 fully saturated rings. The van der Waals surface area contributed by atoms with Crippen LogP contribution < -0.4 is 5.32 Å². The zero-order chi connectivity index (χ0) is 19.4. The fourth-order valence-electron chi connectivity index (χ4n) is 3.73. The summed E-state index contributed by atoms with van der Waals surface area (Å²) in [5.41, 5.74) is 3.09. The van der Waals surface area contributed by atoms with E-state index in [1.54, 1.807) is 0 Å². The van der Waals surface area contributed by atoms with Crippen LogP contribution in [0.2, 0.25) is 0 Å². The van der Waals surface area contributed by atoms with Crippen LogP contribution in [0.4, 0.5) is 5.69 Å². The van der Waals surface area contributed by atoms with Crippen molar-refractivity contribution in [3.63, 3.8) is 0 Å². The predicted octanol–water partition coefficient (Wildman–Crippen LogP) is 3.35. The van der Waals surface area contributed by atoms with Crippen molar-refractivity contribution in [3.05, 3.63) is 29.3 Å². The fourth-order valence-corrected chi connectivity index (χ4v) is 3.73. The van der Waals surface area contributed by atoms with Gasteiger partial charge in [-0.3, -0.25) is 14.5 Å². The molecule has 0 bridgehead atoms. The van der Waals surface area contributed by atoms with Crippen molar-refractivity contribution in [1.29, 1.82) is 0 Å². The molecule has 0 atom stereocenters. The Morgan fingerprint density at radius 3 is 2.52 bits per heavy atom. The van der Waals surface area contributed by atoms with Crippen LogP contribution in [-0.4, -0.2) is 53.8 Å². The highest BCUT2D eigenvalue weighted by atomic mass is 16.2. The highest BCUT2D eigenvalue weighted by molar-refractivity contribution is 5.93. The minimum atomic E-state index is 0.00912. The van der Waals surface area contributed by atoms with E-state index in [4.69, 9.17) is 0 Å². The average molecular weight is 372 g/mol. The lowest BCUT2D eigenvalue weighted by Crippen LogP contribution is -2.41. The molecule has 1 saturated heterocycles. The number of benzene rings is 1. The number of hydrogen-bond acceptors (Lipinski definition) is 3. The Labute approximate surface area is 163 Å². The molecule has 0 aromatic heterocycles. The summed E-state index contributed by atoms with van der Waals surface area (Å²) in [5, 5.41) is 3.04. The molecular formula is C22H33N3O2. The number of nitrogens with zero attached hydrogens (tertiary/aromatic N) is 2. The van der Waals surface area contributed by atoms with Crippen LogP contribution in [0.5, 0.6) is 0 Å². The van der Waals surface area contributed by atoms with E-state index in [1.165, 1.54) is 0 Å². The van der Waals surface area contributed by atoms with Crippen molar-refractivity contribution in [1.82, 2.24) is 9.80 Å². The SMILES string of the molecule is Cc1ccc(C)c(NC(=O)CN(CCC(=O)N2CCC(C)CC2)C2CC2)c1. The third-order valence-corrected chi connectivity index (χ3v) is 5.83. The van der Waals surface area contributed by atoms with Crippen molar-refractivity contribution in [2.24, 2.45) is 5.92 Å². The van der Waals surface area contributed by atoms with Crippen LogP contribution >= 0.6 is 0 Å². The van der Waals surface area contributed by atoms with E-state index in [0.29, 0.717) is 25.6 Å². The van der Waals surface area contributed by atoms with Gasteiger partial charge in [-0.05, 0) is 62.6 Å². The standard InChI is InChI=1S/C22H33N3O2/c1-16-8-11-24(12-9-16)22(27)10-13-25(19-6-7-19)15-21(26)23-20-14-17(2)4-5-18(20)3/h4-5,14,16,19H,6-13,15H2,1-3H3,(H,23,26). The smallest absolute Gasteiger partial charge is 0.238 e. The van der Waals surface area contributed by atoms with Gasteiger partial charge in [0.1, 0.15) is 0 Å². The molecule has 0 unspecified atom stereocenters. The van der Waals surface area contributed by atoms with Gasteiger partial charge in [0.05, 0.1) is 6.54 Å². The van der Waals surface area contributed by atoms with E-state index in [0.717, 1.165) is 61.5 Å². The molecule has 148 valence electrons. The highest BCUT2D eigenvalue weighted by Gasteiger charge is 2.31. The molecule has 0 radical (unpaired) electrons. The monoisotopic (exact) mass is 371 g/mol. The summed E-state index contributed by atoms with van der Waals surface area (Å²) in [4.78, 5) is 29.2. The van der Waals surface area contributed by atoms with Gasteiger partial charge in [0.25, 0.3) is 0 Å². The normalized spacial score (nSPS) is 18.0. The summed E-state index contributed by atoms with van der Waals surface area (Å²) in [6, 6.07) is 6.55. The van der Waals surface area contributed by atoms with Gasteiger partial charge in [-0.15, -0.1) is 0 Å². The lowest BCUT2D eigenvalue weighted by Gasteiger charge is -2.31. The fraction of sp³-hybridized carbons (Fsp3) is 0.636. The molecule has 1 aliphatic carbocycles. The van der Waals surface area contributed by atoms with Crippen LogP contribution in [0.3, 0.4) is 0 Å². The summed E-state index contributed by atoms with van der Waals surface area (Å²) in [6.45, 7) is 9.10. The van der Waals surface area contributed by atoms with Gasteiger partial charge in [0.15, 0.2) is 0 Å². The average Bonchev–Trinajstić information content (AvgIpc) is 3.47. The van der Waals surface area contributed by atoms with E-state index in [1.807, 2.05) is 30.9 Å². The number of carbonyl (C=O) groups is 2. The number of piperidine rings is 1. The van der Waals surface area contributed by atoms with Crippen molar-refractivity contribution < 1.29 is 9.59 Å². The van der Waals surface area contributed by atoms with E-state index in [-0.39, 0.29) is 11.8 Å². The number of rotatable bonds is 7. The molecule has 1 aliphatic heterocycles. The molecule has 0 spiro atoms. The first-order chi connectivity index (χ1) is 12.9. The molecule has 1 N–H and O–H groups in total. The summed E-state index contributed by atoms with van der Waals surface area (Å²) in [6.07, 6.45) is 4.99. The molecule has 5 heteroatoms. The van der Waals surface area contributed by atoms with Gasteiger partial charge in [0.2, 0.25) is 11.8 Å². The van der Waals surface area contributed by atoms with E-state index in [2.05, 4.69) is 23.2 Å². The van der Waals surface area contributed by atoms with Gasteiger partial charge in [0, 0.05) is 37.8 Å². The molecule has 2 amide bonds. The largest absolute Gasteiger partial charge is 0.343 e. The third-order valence-electron chi connectivity index (χ3n) is 5.83. The Hall–Kier alpha value is -1.88. The first-order valence-electron chi connectivity index (χ1n) is 10.3. The first kappa shape index (κ1) is 19.9. The van der Waals surface area contributed by atoms with Gasteiger partial charge in [-0.25, -0.2) is 0 Å². The molecule has 1 aromatic carbocycles. The number of anilines is 1. The van der Waals surface area contributed by atoms with Gasteiger partial charge in [-0.1, -0.05) is 19.1 Å². The van der Waals surface area contributed by atoms with Gasteiger partial charge >= 0.3 is 0 Å². The molecule has 1 saturated carbocycles. The second-order valence-electron chi connectivity index (χ2n) is 8.38. The van der Waals surface area contributed by atoms with Crippen molar-refractivity contribution >= 4 is 17.5 Å². The number of amides is 2. The first-order valence-corrected chi connectivity index (χ1v) is 10.3. The number of carbonyl (C=O) groups excluding carboxylic acids is 2. The molecule has 1 aromatic rings. The maximum Gasteiger partial charge on any atom is 0.238 e. The van der Waals surface area contributed by atoms with Crippen molar-refractivity contribution in [3.8, 4) is 0 Å². The van der Waals surface area contributed by atoms with E-state index in [9.17, 15) is 9.59 Å². The summed E-state index contributed by atoms with van der Waals surface area (Å²) in [5.74, 6) is 0.975. The molecule has 2 aliphatic rings. The highest BCUT2D eigenvalue weighted by Crippen LogP contribution is 2.27. The Morgan fingerprint density at radius 1 is 1.15 bits per heavy atom. The maximum absolute atomic E-state index is 12.6. The van der Waals surface area contributed by atoms with E-state index >= 15 is 0 Å². The second kappa shape index (κ2) is 8.87. The topological polar surface area (TPSA) is 52.7 Å².